The summed E-state index contributed by atoms with van der Waals surface area (Å²) in [7, 11) is 3.10. The van der Waals surface area contributed by atoms with Gasteiger partial charge in [0.15, 0.2) is 11.4 Å². The van der Waals surface area contributed by atoms with Crippen LogP contribution in [-0.2, 0) is 0 Å². The first-order valence-corrected chi connectivity index (χ1v) is 3.71. The topological polar surface area (TPSA) is 85.7 Å². The summed E-state index contributed by atoms with van der Waals surface area (Å²) in [5, 5.41) is 17.3. The fourth-order valence-corrected chi connectivity index (χ4v) is 0.898. The number of imidazole rings is 1. The summed E-state index contributed by atoms with van der Waals surface area (Å²) in [6.07, 6.45) is 1.17. The molecule has 0 unspecified atom stereocenters. The summed E-state index contributed by atoms with van der Waals surface area (Å²) in [6, 6.07) is 3.09. The van der Waals surface area contributed by atoms with Crippen LogP contribution in [0.2, 0.25) is 0 Å². The molecule has 70 valence electrons. The standard InChI is InChI=1S/C8H7N5O/c1-12(2)8(14)13-5-11-6(3-9)7(13)4-10/h5H,1-2H3. The summed E-state index contributed by atoms with van der Waals surface area (Å²) >= 11 is 0. The zero-order valence-electron chi connectivity index (χ0n) is 7.72. The summed E-state index contributed by atoms with van der Waals surface area (Å²) in [4.78, 5) is 16.4. The van der Waals surface area contributed by atoms with Crippen molar-refractivity contribution < 1.29 is 4.79 Å². The maximum absolute atomic E-state index is 11.4. The van der Waals surface area contributed by atoms with Crippen LogP contribution in [0.4, 0.5) is 4.79 Å². The van der Waals surface area contributed by atoms with Gasteiger partial charge < -0.3 is 4.90 Å². The Labute approximate surface area is 80.6 Å². The van der Waals surface area contributed by atoms with Crippen molar-refractivity contribution in [3.8, 4) is 12.1 Å². The van der Waals surface area contributed by atoms with Gasteiger partial charge in [-0.3, -0.25) is 0 Å². The molecule has 0 aliphatic rings. The zero-order valence-corrected chi connectivity index (χ0v) is 7.72. The lowest BCUT2D eigenvalue weighted by Crippen LogP contribution is -2.27. The van der Waals surface area contributed by atoms with Crippen molar-refractivity contribution in [2.75, 3.05) is 14.1 Å². The number of rotatable bonds is 0. The van der Waals surface area contributed by atoms with Gasteiger partial charge in [0.1, 0.15) is 18.5 Å². The molecule has 6 heteroatoms. The minimum atomic E-state index is -0.407. The first kappa shape index (κ1) is 9.75. The van der Waals surface area contributed by atoms with E-state index in [4.69, 9.17) is 10.5 Å². The lowest BCUT2D eigenvalue weighted by Gasteiger charge is -2.10. The second-order valence-corrected chi connectivity index (χ2v) is 2.71. The molecule has 0 fully saturated rings. The van der Waals surface area contributed by atoms with Gasteiger partial charge >= 0.3 is 6.03 Å². The van der Waals surface area contributed by atoms with Gasteiger partial charge in [0.05, 0.1) is 0 Å². The van der Waals surface area contributed by atoms with Crippen LogP contribution in [0.3, 0.4) is 0 Å². The first-order valence-electron chi connectivity index (χ1n) is 3.71. The van der Waals surface area contributed by atoms with Crippen molar-refractivity contribution in [3.05, 3.63) is 17.7 Å². The molecular weight excluding hydrogens is 182 g/mol. The Kier molecular flexibility index (Phi) is 2.49. The van der Waals surface area contributed by atoms with Crippen LogP contribution >= 0.6 is 0 Å². The van der Waals surface area contributed by atoms with Gasteiger partial charge in [-0.1, -0.05) is 0 Å². The lowest BCUT2D eigenvalue weighted by molar-refractivity contribution is 0.219. The molecule has 1 amide bonds. The van der Waals surface area contributed by atoms with Crippen LogP contribution < -0.4 is 0 Å². The molecule has 0 aromatic carbocycles. The third kappa shape index (κ3) is 1.41. The summed E-state index contributed by atoms with van der Waals surface area (Å²) < 4.78 is 1.04. The predicted molar refractivity (Wildman–Crippen MR) is 46.1 cm³/mol. The van der Waals surface area contributed by atoms with Crippen molar-refractivity contribution in [2.24, 2.45) is 0 Å². The normalized spacial score (nSPS) is 8.86. The van der Waals surface area contributed by atoms with Crippen molar-refractivity contribution in [2.45, 2.75) is 0 Å². The Bertz CT molecular complexity index is 445. The smallest absolute Gasteiger partial charge is 0.329 e. The van der Waals surface area contributed by atoms with Crippen LogP contribution in [0, 0.1) is 22.7 Å². The van der Waals surface area contributed by atoms with E-state index in [0.29, 0.717) is 0 Å². The molecule has 1 heterocycles. The van der Waals surface area contributed by atoms with E-state index < -0.39 is 6.03 Å². The molecule has 0 saturated heterocycles. The molecule has 0 spiro atoms. The average Bonchev–Trinajstić information content (AvgIpc) is 2.58. The van der Waals surface area contributed by atoms with Crippen LogP contribution in [0.5, 0.6) is 0 Å². The highest BCUT2D eigenvalue weighted by atomic mass is 16.2. The van der Waals surface area contributed by atoms with E-state index in [-0.39, 0.29) is 11.4 Å². The number of hydrogen-bond acceptors (Lipinski definition) is 4. The van der Waals surface area contributed by atoms with E-state index in [9.17, 15) is 4.79 Å². The van der Waals surface area contributed by atoms with E-state index in [1.54, 1.807) is 26.2 Å². The Balaban J connectivity index is 3.26. The van der Waals surface area contributed by atoms with E-state index in [2.05, 4.69) is 4.98 Å². The van der Waals surface area contributed by atoms with Gasteiger partial charge in [-0.05, 0) is 0 Å². The van der Waals surface area contributed by atoms with Crippen molar-refractivity contribution in [3.63, 3.8) is 0 Å². The largest absolute Gasteiger partial charge is 0.330 e. The van der Waals surface area contributed by atoms with E-state index in [1.807, 2.05) is 0 Å². The fraction of sp³-hybridized carbons (Fsp3) is 0.250. The molecule has 0 atom stereocenters. The molecule has 0 bridgehead atoms. The SMILES string of the molecule is CN(C)C(=O)n1cnc(C#N)c1C#N. The summed E-state index contributed by atoms with van der Waals surface area (Å²) in [5.74, 6) is 0. The predicted octanol–water partition coefficient (Wildman–Crippen LogP) is 0.156. The third-order valence-corrected chi connectivity index (χ3v) is 1.57. The fourth-order valence-electron chi connectivity index (χ4n) is 0.898. The molecule has 14 heavy (non-hydrogen) atoms. The second kappa shape index (κ2) is 3.58. The van der Waals surface area contributed by atoms with Gasteiger partial charge in [0, 0.05) is 14.1 Å². The van der Waals surface area contributed by atoms with Crippen molar-refractivity contribution in [1.82, 2.24) is 14.5 Å². The monoisotopic (exact) mass is 189 g/mol. The van der Waals surface area contributed by atoms with Crippen molar-refractivity contribution in [1.29, 1.82) is 10.5 Å². The number of carbonyl (C=O) groups excluding carboxylic acids is 1. The average molecular weight is 189 g/mol. The summed E-state index contributed by atoms with van der Waals surface area (Å²) in [5.41, 5.74) is -0.0751. The number of nitriles is 2. The minimum absolute atomic E-state index is 0.0359. The number of hydrogen-bond donors (Lipinski definition) is 0. The van der Waals surface area contributed by atoms with E-state index in [0.717, 1.165) is 4.57 Å². The quantitative estimate of drug-likeness (QED) is 0.581. The molecule has 1 aromatic rings. The maximum Gasteiger partial charge on any atom is 0.329 e. The van der Waals surface area contributed by atoms with Crippen LogP contribution in [0.25, 0.3) is 0 Å². The van der Waals surface area contributed by atoms with Gasteiger partial charge in [-0.15, -0.1) is 0 Å². The number of aromatic nitrogens is 2. The van der Waals surface area contributed by atoms with Crippen molar-refractivity contribution >= 4 is 6.03 Å². The maximum atomic E-state index is 11.4. The Morgan fingerprint density at radius 2 is 2.14 bits per heavy atom. The van der Waals surface area contributed by atoms with Gasteiger partial charge in [-0.25, -0.2) is 14.3 Å². The van der Waals surface area contributed by atoms with Gasteiger partial charge in [0.25, 0.3) is 0 Å². The molecule has 0 N–H and O–H groups in total. The molecule has 1 rings (SSSR count). The highest BCUT2D eigenvalue weighted by Gasteiger charge is 2.16. The van der Waals surface area contributed by atoms with Gasteiger partial charge in [0.2, 0.25) is 0 Å². The minimum Gasteiger partial charge on any atom is -0.330 e. The molecule has 0 radical (unpaired) electrons. The lowest BCUT2D eigenvalue weighted by atomic mass is 10.3. The van der Waals surface area contributed by atoms with Crippen LogP contribution in [-0.4, -0.2) is 34.6 Å². The number of nitrogens with zero attached hydrogens (tertiary/aromatic N) is 5. The first-order chi connectivity index (χ1) is 6.61. The van der Waals surface area contributed by atoms with Crippen LogP contribution in [0.15, 0.2) is 6.33 Å². The third-order valence-electron chi connectivity index (χ3n) is 1.57. The Morgan fingerprint density at radius 1 is 1.50 bits per heavy atom. The van der Waals surface area contributed by atoms with Gasteiger partial charge in [-0.2, -0.15) is 10.5 Å². The number of amides is 1. The molecule has 0 aliphatic carbocycles. The second-order valence-electron chi connectivity index (χ2n) is 2.71. The Morgan fingerprint density at radius 3 is 2.57 bits per heavy atom. The highest BCUT2D eigenvalue weighted by Crippen LogP contribution is 2.05. The Hall–Kier alpha value is -2.34. The van der Waals surface area contributed by atoms with E-state index >= 15 is 0 Å². The molecule has 6 nitrogen and oxygen atoms in total. The molecule has 0 aliphatic heterocycles. The summed E-state index contributed by atoms with van der Waals surface area (Å²) in [6.45, 7) is 0. The molecule has 1 aromatic heterocycles. The zero-order chi connectivity index (χ0) is 10.7. The number of carbonyl (C=O) groups is 1. The molecule has 0 saturated carbocycles. The van der Waals surface area contributed by atoms with Crippen LogP contribution in [0.1, 0.15) is 11.4 Å². The van der Waals surface area contributed by atoms with E-state index in [1.165, 1.54) is 11.2 Å². The highest BCUT2D eigenvalue weighted by molar-refractivity contribution is 5.78. The molecular formula is C8H7N5O.